The van der Waals surface area contributed by atoms with Crippen LogP contribution in [0.5, 0.6) is 0 Å². The number of rotatable bonds is 6. The molecule has 0 spiro atoms. The van der Waals surface area contributed by atoms with Gasteiger partial charge in [-0.25, -0.2) is 4.79 Å². The average molecular weight is 340 g/mol. The summed E-state index contributed by atoms with van der Waals surface area (Å²) < 4.78 is 4.96. The van der Waals surface area contributed by atoms with Crippen molar-refractivity contribution in [1.82, 2.24) is 10.2 Å². The first-order chi connectivity index (χ1) is 10.9. The van der Waals surface area contributed by atoms with E-state index in [1.165, 1.54) is 7.11 Å². The lowest BCUT2D eigenvalue weighted by molar-refractivity contribution is -0.132. The molecule has 1 aromatic rings. The first-order valence-electron chi connectivity index (χ1n) is 7.04. The highest BCUT2D eigenvalue weighted by molar-refractivity contribution is 6.30. The molecule has 0 unspecified atom stereocenters. The fourth-order valence-electron chi connectivity index (χ4n) is 2.34. The molecule has 1 aromatic carbocycles. The van der Waals surface area contributed by atoms with Gasteiger partial charge in [-0.15, -0.1) is 0 Å². The Morgan fingerprint density at radius 2 is 2.17 bits per heavy atom. The third-order valence-corrected chi connectivity index (χ3v) is 3.68. The third kappa shape index (κ3) is 4.00. The van der Waals surface area contributed by atoms with E-state index in [9.17, 15) is 14.4 Å². The number of ether oxygens (including phenoxy) is 1. The van der Waals surface area contributed by atoms with Crippen LogP contribution in [0.25, 0.3) is 0 Å². The molecule has 1 heterocycles. The first kappa shape index (κ1) is 17.2. The van der Waals surface area contributed by atoms with Crippen LogP contribution in [0.15, 0.2) is 24.3 Å². The minimum absolute atomic E-state index is 0.00360. The van der Waals surface area contributed by atoms with Crippen molar-refractivity contribution in [2.75, 3.05) is 25.6 Å². The fraction of sp³-hybridized carbons (Fsp3) is 0.400. The highest BCUT2D eigenvalue weighted by Crippen LogP contribution is 2.19. The van der Waals surface area contributed by atoms with Gasteiger partial charge >= 0.3 is 6.03 Å². The minimum Gasteiger partial charge on any atom is -0.382 e. The maximum atomic E-state index is 12.3. The average Bonchev–Trinajstić information content (AvgIpc) is 2.67. The molecule has 0 aliphatic carbocycles. The minimum atomic E-state index is -1.09. The predicted octanol–water partition coefficient (Wildman–Crippen LogP) is 1.63. The van der Waals surface area contributed by atoms with Crippen molar-refractivity contribution in [3.8, 4) is 0 Å². The summed E-state index contributed by atoms with van der Waals surface area (Å²) in [5.41, 5.74) is -0.529. The summed E-state index contributed by atoms with van der Waals surface area (Å²) in [5, 5.41) is 5.75. The number of halogens is 1. The van der Waals surface area contributed by atoms with Gasteiger partial charge in [0.05, 0.1) is 6.61 Å². The summed E-state index contributed by atoms with van der Waals surface area (Å²) >= 11 is 5.84. The first-order valence-corrected chi connectivity index (χ1v) is 7.42. The number of carbonyl (C=O) groups excluding carboxylic acids is 3. The normalized spacial score (nSPS) is 20.6. The Kier molecular flexibility index (Phi) is 5.23. The topological polar surface area (TPSA) is 87.7 Å². The van der Waals surface area contributed by atoms with Gasteiger partial charge in [0.1, 0.15) is 5.54 Å². The van der Waals surface area contributed by atoms with Crippen molar-refractivity contribution in [2.45, 2.75) is 18.9 Å². The molecule has 1 saturated heterocycles. The van der Waals surface area contributed by atoms with Gasteiger partial charge in [-0.1, -0.05) is 17.7 Å². The Balaban J connectivity index is 1.91. The summed E-state index contributed by atoms with van der Waals surface area (Å²) in [4.78, 5) is 37.1. The Morgan fingerprint density at radius 1 is 1.43 bits per heavy atom. The number of nitrogens with one attached hydrogen (secondary N) is 2. The molecular formula is C15H18ClN3O4. The Hall–Kier alpha value is -2.12. The lowest BCUT2D eigenvalue weighted by Crippen LogP contribution is -2.48. The molecule has 8 heteroatoms. The van der Waals surface area contributed by atoms with E-state index in [2.05, 4.69) is 10.6 Å². The number of amides is 4. The molecule has 23 heavy (non-hydrogen) atoms. The Morgan fingerprint density at radius 3 is 2.83 bits per heavy atom. The molecule has 1 atom stereocenters. The van der Waals surface area contributed by atoms with Crippen molar-refractivity contribution in [2.24, 2.45) is 0 Å². The molecule has 0 radical (unpaired) electrons. The van der Waals surface area contributed by atoms with E-state index in [1.807, 2.05) is 0 Å². The second-order valence-corrected chi connectivity index (χ2v) is 5.90. The molecular weight excluding hydrogens is 322 g/mol. The van der Waals surface area contributed by atoms with Crippen LogP contribution in [0, 0.1) is 0 Å². The molecule has 4 amide bonds. The molecule has 124 valence electrons. The molecule has 0 aromatic heterocycles. The summed E-state index contributed by atoms with van der Waals surface area (Å²) in [7, 11) is 1.45. The molecule has 2 N–H and O–H groups in total. The van der Waals surface area contributed by atoms with E-state index in [-0.39, 0.29) is 25.5 Å². The van der Waals surface area contributed by atoms with Crippen molar-refractivity contribution < 1.29 is 19.1 Å². The van der Waals surface area contributed by atoms with Crippen LogP contribution < -0.4 is 10.6 Å². The van der Waals surface area contributed by atoms with Gasteiger partial charge in [0, 0.05) is 30.8 Å². The number of nitrogens with zero attached hydrogens (tertiary/aromatic N) is 1. The van der Waals surface area contributed by atoms with Gasteiger partial charge in [0.2, 0.25) is 5.91 Å². The number of hydrogen-bond donors (Lipinski definition) is 2. The summed E-state index contributed by atoms with van der Waals surface area (Å²) in [6.45, 7) is 1.65. The molecule has 0 saturated carbocycles. The van der Waals surface area contributed by atoms with Gasteiger partial charge < -0.3 is 15.4 Å². The Labute approximate surface area is 138 Å². The highest BCUT2D eigenvalue weighted by atomic mass is 35.5. The summed E-state index contributed by atoms with van der Waals surface area (Å²) in [6, 6.07) is 6.20. The van der Waals surface area contributed by atoms with Crippen LogP contribution in [0.3, 0.4) is 0 Å². The van der Waals surface area contributed by atoms with Crippen LogP contribution in [0.1, 0.15) is 13.3 Å². The van der Waals surface area contributed by atoms with Crippen LogP contribution in [-0.4, -0.2) is 48.5 Å². The lowest BCUT2D eigenvalue weighted by Gasteiger charge is -2.20. The van der Waals surface area contributed by atoms with Crippen LogP contribution in [0.4, 0.5) is 10.5 Å². The maximum Gasteiger partial charge on any atom is 0.325 e. The van der Waals surface area contributed by atoms with Crippen LogP contribution in [-0.2, 0) is 14.3 Å². The predicted molar refractivity (Wildman–Crippen MR) is 85.2 cm³/mol. The number of methoxy groups -OCH3 is 1. The number of hydrogen-bond acceptors (Lipinski definition) is 4. The van der Waals surface area contributed by atoms with Crippen LogP contribution in [0.2, 0.25) is 5.02 Å². The van der Waals surface area contributed by atoms with Crippen molar-refractivity contribution in [3.05, 3.63) is 29.3 Å². The quantitative estimate of drug-likeness (QED) is 0.771. The van der Waals surface area contributed by atoms with Crippen molar-refractivity contribution in [3.63, 3.8) is 0 Å². The molecule has 1 fully saturated rings. The number of urea groups is 1. The van der Waals surface area contributed by atoms with E-state index in [1.54, 1.807) is 31.2 Å². The largest absolute Gasteiger partial charge is 0.382 e. The van der Waals surface area contributed by atoms with Gasteiger partial charge in [-0.2, -0.15) is 0 Å². The number of carbonyl (C=O) groups is 3. The van der Waals surface area contributed by atoms with E-state index < -0.39 is 17.5 Å². The maximum absolute atomic E-state index is 12.3. The van der Waals surface area contributed by atoms with Crippen molar-refractivity contribution in [1.29, 1.82) is 0 Å². The summed E-state index contributed by atoms with van der Waals surface area (Å²) in [6.07, 6.45) is -0.00522. The van der Waals surface area contributed by atoms with E-state index in [0.717, 1.165) is 4.90 Å². The van der Waals surface area contributed by atoms with E-state index in [4.69, 9.17) is 16.3 Å². The lowest BCUT2D eigenvalue weighted by atomic mass is 10.0. The molecule has 1 aliphatic rings. The zero-order chi connectivity index (χ0) is 17.0. The second kappa shape index (κ2) is 6.97. The SMILES string of the molecule is COC[C@]1(C)NC(=O)N(CCC(=O)Nc2cccc(Cl)c2)C1=O. The number of imide groups is 1. The van der Waals surface area contributed by atoms with E-state index in [0.29, 0.717) is 10.7 Å². The molecule has 2 rings (SSSR count). The van der Waals surface area contributed by atoms with Crippen molar-refractivity contribution >= 4 is 35.1 Å². The third-order valence-electron chi connectivity index (χ3n) is 3.45. The molecule has 1 aliphatic heterocycles. The van der Waals surface area contributed by atoms with Gasteiger partial charge in [0.15, 0.2) is 0 Å². The van der Waals surface area contributed by atoms with Gasteiger partial charge in [0.25, 0.3) is 5.91 Å². The fourth-order valence-corrected chi connectivity index (χ4v) is 2.53. The zero-order valence-corrected chi connectivity index (χ0v) is 13.6. The molecule has 0 bridgehead atoms. The Bertz CT molecular complexity index is 637. The summed E-state index contributed by atoms with van der Waals surface area (Å²) in [5.74, 6) is -0.715. The number of anilines is 1. The second-order valence-electron chi connectivity index (χ2n) is 5.46. The number of benzene rings is 1. The highest BCUT2D eigenvalue weighted by Gasteiger charge is 2.47. The monoisotopic (exact) mass is 339 g/mol. The molecule has 7 nitrogen and oxygen atoms in total. The zero-order valence-electron chi connectivity index (χ0n) is 12.9. The van der Waals surface area contributed by atoms with Crippen LogP contribution >= 0.6 is 11.6 Å². The van der Waals surface area contributed by atoms with Gasteiger partial charge in [-0.3, -0.25) is 14.5 Å². The standard InChI is InChI=1S/C15H18ClN3O4/c1-15(9-23-2)13(21)19(14(22)18-15)7-6-12(20)17-11-5-3-4-10(16)8-11/h3-5,8H,6-7,9H2,1-2H3,(H,17,20)(H,18,22)/t15-/m0/s1. The van der Waals surface area contributed by atoms with E-state index >= 15 is 0 Å². The van der Waals surface area contributed by atoms with Gasteiger partial charge in [-0.05, 0) is 25.1 Å². The smallest absolute Gasteiger partial charge is 0.325 e.